The lowest BCUT2D eigenvalue weighted by Gasteiger charge is -2.20. The summed E-state index contributed by atoms with van der Waals surface area (Å²) in [4.78, 5) is 24.5. The van der Waals surface area contributed by atoms with E-state index >= 15 is 0 Å². The number of carbonyl (C=O) groups is 2. The van der Waals surface area contributed by atoms with Gasteiger partial charge in [0.2, 0.25) is 5.91 Å². The van der Waals surface area contributed by atoms with Gasteiger partial charge in [-0.1, -0.05) is 352 Å². The van der Waals surface area contributed by atoms with Crippen LogP contribution in [-0.2, 0) is 14.3 Å². The summed E-state index contributed by atoms with van der Waals surface area (Å²) in [7, 11) is 0. The van der Waals surface area contributed by atoms with Gasteiger partial charge >= 0.3 is 5.97 Å². The Hall–Kier alpha value is -1.92. The zero-order chi connectivity index (χ0) is 59.2. The lowest BCUT2D eigenvalue weighted by atomic mass is 10.0. The maximum absolute atomic E-state index is 12.4. The molecule has 2 unspecified atom stereocenters. The predicted octanol–water partition coefficient (Wildman–Crippen LogP) is 24.3. The Morgan fingerprint density at radius 1 is 0.329 bits per heavy atom. The molecule has 6 heteroatoms. The number of hydrogen-bond donors (Lipinski definition) is 3. The van der Waals surface area contributed by atoms with E-state index in [0.29, 0.717) is 19.4 Å². The Kier molecular flexibility index (Phi) is 69.9. The van der Waals surface area contributed by atoms with Crippen LogP contribution in [0.5, 0.6) is 0 Å². The third kappa shape index (κ3) is 67.2. The number of aliphatic hydroxyl groups excluding tert-OH is 2. The van der Waals surface area contributed by atoms with Crippen LogP contribution in [0.3, 0.4) is 0 Å². The summed E-state index contributed by atoms with van der Waals surface area (Å²) in [5, 5.41) is 23.0. The van der Waals surface area contributed by atoms with Gasteiger partial charge in [0.05, 0.1) is 25.4 Å². The van der Waals surface area contributed by atoms with Crippen LogP contribution in [0.25, 0.3) is 0 Å². The molecule has 0 rings (SSSR count). The van der Waals surface area contributed by atoms with Gasteiger partial charge < -0.3 is 20.3 Å². The summed E-state index contributed by atoms with van der Waals surface area (Å²) in [6.07, 6.45) is 92.7. The van der Waals surface area contributed by atoms with Gasteiger partial charge in [0.1, 0.15) is 0 Å². The fourth-order valence-corrected chi connectivity index (χ4v) is 11.7. The number of rotatable bonds is 70. The van der Waals surface area contributed by atoms with Crippen molar-refractivity contribution >= 4 is 11.9 Å². The largest absolute Gasteiger partial charge is 0.466 e. The Morgan fingerprint density at radius 2 is 0.573 bits per heavy atom. The van der Waals surface area contributed by atoms with E-state index in [-0.39, 0.29) is 18.5 Å². The second-order valence-electron chi connectivity index (χ2n) is 25.6. The van der Waals surface area contributed by atoms with Crippen LogP contribution in [0.1, 0.15) is 412 Å². The molecule has 0 aromatic heterocycles. The van der Waals surface area contributed by atoms with Gasteiger partial charge in [-0.25, -0.2) is 0 Å². The first-order valence-electron chi connectivity index (χ1n) is 37.3. The second kappa shape index (κ2) is 71.6. The minimum atomic E-state index is -0.839. The lowest BCUT2D eigenvalue weighted by Crippen LogP contribution is -2.45. The third-order valence-electron chi connectivity index (χ3n) is 17.4. The summed E-state index contributed by atoms with van der Waals surface area (Å²) >= 11 is 0. The van der Waals surface area contributed by atoms with E-state index in [1.54, 1.807) is 6.08 Å². The quantitative estimate of drug-likeness (QED) is 0.0320. The standard InChI is InChI=1S/C76H145NO5/c1-3-5-7-9-11-13-15-16-17-44-47-50-54-58-62-66-70-76(81)82-71-67-63-59-55-51-48-45-42-40-38-36-34-32-30-28-26-24-22-20-18-19-21-23-25-27-29-31-33-35-37-39-41-43-46-49-53-57-61-65-69-75(80)77-73(72-78)74(79)68-64-60-56-52-14-12-10-8-6-4-2/h17-19,44,64,68,73-74,78-79H,3-16,20-43,45-63,65-67,69-72H2,1-2H3,(H,77,80)/b19-18-,44-17-,68-64+. The van der Waals surface area contributed by atoms with Gasteiger partial charge in [0, 0.05) is 12.8 Å². The van der Waals surface area contributed by atoms with Crippen molar-refractivity contribution in [3.8, 4) is 0 Å². The van der Waals surface area contributed by atoms with Crippen molar-refractivity contribution in [3.63, 3.8) is 0 Å². The van der Waals surface area contributed by atoms with E-state index in [1.807, 2.05) is 6.08 Å². The van der Waals surface area contributed by atoms with Crippen molar-refractivity contribution < 1.29 is 24.5 Å². The fraction of sp³-hybridized carbons (Fsp3) is 0.895. The van der Waals surface area contributed by atoms with E-state index in [1.165, 1.54) is 340 Å². The van der Waals surface area contributed by atoms with Gasteiger partial charge in [-0.15, -0.1) is 0 Å². The number of esters is 1. The number of nitrogens with one attached hydrogen (secondary N) is 1. The van der Waals surface area contributed by atoms with E-state index in [9.17, 15) is 19.8 Å². The van der Waals surface area contributed by atoms with E-state index < -0.39 is 12.1 Å². The molecular formula is C76H145NO5. The number of ether oxygens (including phenoxy) is 1. The normalized spacial score (nSPS) is 12.7. The van der Waals surface area contributed by atoms with Crippen LogP contribution in [0.2, 0.25) is 0 Å². The fourth-order valence-electron chi connectivity index (χ4n) is 11.7. The highest BCUT2D eigenvalue weighted by atomic mass is 16.5. The third-order valence-corrected chi connectivity index (χ3v) is 17.4. The summed E-state index contributed by atoms with van der Waals surface area (Å²) < 4.78 is 5.50. The molecule has 0 bridgehead atoms. The Labute approximate surface area is 513 Å². The van der Waals surface area contributed by atoms with Crippen molar-refractivity contribution in [2.24, 2.45) is 0 Å². The molecule has 0 aliphatic heterocycles. The van der Waals surface area contributed by atoms with Crippen molar-refractivity contribution in [1.82, 2.24) is 5.32 Å². The topological polar surface area (TPSA) is 95.9 Å². The van der Waals surface area contributed by atoms with Crippen LogP contribution in [0.15, 0.2) is 36.5 Å². The van der Waals surface area contributed by atoms with E-state index in [4.69, 9.17) is 4.74 Å². The number of amides is 1. The van der Waals surface area contributed by atoms with Crippen molar-refractivity contribution in [2.45, 2.75) is 424 Å². The number of hydrogen-bond acceptors (Lipinski definition) is 5. The highest BCUT2D eigenvalue weighted by Gasteiger charge is 2.18. The molecule has 0 radical (unpaired) electrons. The maximum Gasteiger partial charge on any atom is 0.305 e. The van der Waals surface area contributed by atoms with Gasteiger partial charge in [0.25, 0.3) is 0 Å². The summed E-state index contributed by atoms with van der Waals surface area (Å²) in [6.45, 7) is 4.91. The van der Waals surface area contributed by atoms with Gasteiger partial charge in [-0.2, -0.15) is 0 Å². The van der Waals surface area contributed by atoms with E-state index in [0.717, 1.165) is 44.9 Å². The SMILES string of the molecule is CCCCCCCCC/C=C\CCCCCCCC(=O)OCCCCCCCCCCCCCCCCCCCC/C=C\CCCCCCCCCCCCCCCCCCCC(=O)NC(CO)C(O)/C=C/CCCCCCCCCC. The molecule has 6 nitrogen and oxygen atoms in total. The first-order valence-corrected chi connectivity index (χ1v) is 37.3. The van der Waals surface area contributed by atoms with Gasteiger partial charge in [-0.3, -0.25) is 9.59 Å². The molecule has 3 N–H and O–H groups in total. The number of unbranched alkanes of at least 4 members (excludes halogenated alkanes) is 55. The molecule has 0 heterocycles. The first-order chi connectivity index (χ1) is 40.5. The molecule has 0 aliphatic carbocycles. The summed E-state index contributed by atoms with van der Waals surface area (Å²) in [5.74, 6) is -0.0488. The molecule has 0 aliphatic rings. The summed E-state index contributed by atoms with van der Waals surface area (Å²) in [5.41, 5.74) is 0. The molecular weight excluding hydrogens is 1010 g/mol. The molecule has 0 saturated carbocycles. The molecule has 2 atom stereocenters. The maximum atomic E-state index is 12.4. The highest BCUT2D eigenvalue weighted by Crippen LogP contribution is 2.19. The Morgan fingerprint density at radius 3 is 0.866 bits per heavy atom. The molecule has 0 spiro atoms. The van der Waals surface area contributed by atoms with Crippen molar-refractivity contribution in [3.05, 3.63) is 36.5 Å². The average molecular weight is 1150 g/mol. The lowest BCUT2D eigenvalue weighted by molar-refractivity contribution is -0.143. The molecule has 82 heavy (non-hydrogen) atoms. The average Bonchev–Trinajstić information content (AvgIpc) is 3.48. The van der Waals surface area contributed by atoms with Gasteiger partial charge in [-0.05, 0) is 83.5 Å². The van der Waals surface area contributed by atoms with Gasteiger partial charge in [0.15, 0.2) is 0 Å². The van der Waals surface area contributed by atoms with Crippen LogP contribution in [-0.4, -0.2) is 47.4 Å². The van der Waals surface area contributed by atoms with E-state index in [2.05, 4.69) is 43.5 Å². The molecule has 0 fully saturated rings. The van der Waals surface area contributed by atoms with Crippen molar-refractivity contribution in [2.75, 3.05) is 13.2 Å². The number of allylic oxidation sites excluding steroid dienone is 5. The summed E-state index contributed by atoms with van der Waals surface area (Å²) in [6, 6.07) is -0.623. The van der Waals surface area contributed by atoms with Crippen LogP contribution in [0, 0.1) is 0 Å². The second-order valence-corrected chi connectivity index (χ2v) is 25.6. The Bertz CT molecular complexity index is 1330. The number of carbonyl (C=O) groups excluding carboxylic acids is 2. The molecule has 484 valence electrons. The molecule has 1 amide bonds. The van der Waals surface area contributed by atoms with Crippen LogP contribution in [0.4, 0.5) is 0 Å². The van der Waals surface area contributed by atoms with Crippen LogP contribution >= 0.6 is 0 Å². The molecule has 0 aromatic rings. The highest BCUT2D eigenvalue weighted by molar-refractivity contribution is 5.76. The minimum Gasteiger partial charge on any atom is -0.466 e. The first kappa shape index (κ1) is 80.1. The molecule has 0 aromatic carbocycles. The Balaban J connectivity index is 3.30. The monoisotopic (exact) mass is 1150 g/mol. The zero-order valence-corrected chi connectivity index (χ0v) is 55.5. The zero-order valence-electron chi connectivity index (χ0n) is 55.5. The number of aliphatic hydroxyl groups is 2. The minimum absolute atomic E-state index is 0.0153. The molecule has 0 saturated heterocycles. The smallest absolute Gasteiger partial charge is 0.305 e. The van der Waals surface area contributed by atoms with Crippen molar-refractivity contribution in [1.29, 1.82) is 0 Å². The predicted molar refractivity (Wildman–Crippen MR) is 361 cm³/mol. The van der Waals surface area contributed by atoms with Crippen LogP contribution < -0.4 is 5.32 Å².